The van der Waals surface area contributed by atoms with E-state index < -0.39 is 21.9 Å². The van der Waals surface area contributed by atoms with Crippen molar-refractivity contribution in [1.82, 2.24) is 9.88 Å². The topological polar surface area (TPSA) is 112 Å². The van der Waals surface area contributed by atoms with Crippen LogP contribution in [0.4, 0.5) is 14.9 Å². The molecule has 35 heavy (non-hydrogen) atoms. The number of rotatable bonds is 7. The first kappa shape index (κ1) is 24.2. The minimum Gasteiger partial charge on any atom is -0.493 e. The molecule has 2 aromatic carbocycles. The number of hydrogen-bond acceptors (Lipinski definition) is 8. The highest BCUT2D eigenvalue weighted by atomic mass is 35.5. The second-order valence-corrected chi connectivity index (χ2v) is 8.53. The van der Waals surface area contributed by atoms with E-state index in [2.05, 4.69) is 4.98 Å². The number of nitrogens with zero attached hydrogens (tertiary/aromatic N) is 3. The van der Waals surface area contributed by atoms with Crippen LogP contribution in [-0.2, 0) is 11.3 Å². The van der Waals surface area contributed by atoms with Gasteiger partial charge in [0.1, 0.15) is 12.0 Å². The van der Waals surface area contributed by atoms with Crippen LogP contribution in [0.3, 0.4) is 0 Å². The van der Waals surface area contributed by atoms with E-state index in [-0.39, 0.29) is 28.0 Å². The highest BCUT2D eigenvalue weighted by Crippen LogP contribution is 2.37. The molecule has 0 bridgehead atoms. The molecule has 0 saturated carbocycles. The van der Waals surface area contributed by atoms with Crippen molar-refractivity contribution in [2.75, 3.05) is 7.11 Å². The van der Waals surface area contributed by atoms with Gasteiger partial charge in [-0.25, -0.2) is 9.37 Å². The minimum atomic E-state index is -0.567. The summed E-state index contributed by atoms with van der Waals surface area (Å²) in [5.74, 6) is -0.281. The number of benzene rings is 2. The summed E-state index contributed by atoms with van der Waals surface area (Å²) in [5.41, 5.74) is 0.839. The van der Waals surface area contributed by atoms with E-state index in [0.29, 0.717) is 22.6 Å². The molecule has 3 aromatic rings. The highest BCUT2D eigenvalue weighted by Gasteiger charge is 2.35. The lowest BCUT2D eigenvalue weighted by Crippen LogP contribution is -2.27. The van der Waals surface area contributed by atoms with E-state index in [4.69, 9.17) is 21.1 Å². The van der Waals surface area contributed by atoms with Gasteiger partial charge in [0, 0.05) is 17.2 Å². The number of amides is 2. The first-order valence-corrected chi connectivity index (χ1v) is 11.1. The number of carbonyl (C=O) groups is 2. The fourth-order valence-corrected chi connectivity index (χ4v) is 4.19. The third-order valence-electron chi connectivity index (χ3n) is 4.85. The Bertz CT molecular complexity index is 1370. The minimum absolute atomic E-state index is 0.0839. The van der Waals surface area contributed by atoms with Crippen LogP contribution in [0.1, 0.15) is 11.1 Å². The van der Waals surface area contributed by atoms with Crippen molar-refractivity contribution >= 4 is 46.3 Å². The Morgan fingerprint density at radius 1 is 1.17 bits per heavy atom. The number of methoxy groups -OCH3 is 1. The van der Waals surface area contributed by atoms with Crippen molar-refractivity contribution in [3.05, 3.63) is 91.7 Å². The summed E-state index contributed by atoms with van der Waals surface area (Å²) in [6.07, 6.45) is 2.61. The quantitative estimate of drug-likeness (QED) is 0.220. The van der Waals surface area contributed by atoms with Crippen LogP contribution < -0.4 is 9.47 Å². The Morgan fingerprint density at radius 3 is 2.63 bits per heavy atom. The normalized spacial score (nSPS) is 14.5. The predicted molar refractivity (Wildman–Crippen MR) is 127 cm³/mol. The smallest absolute Gasteiger partial charge is 0.293 e. The largest absolute Gasteiger partial charge is 0.493 e. The van der Waals surface area contributed by atoms with Crippen molar-refractivity contribution in [2.24, 2.45) is 0 Å². The summed E-state index contributed by atoms with van der Waals surface area (Å²) >= 11 is 6.80. The average molecular weight is 516 g/mol. The van der Waals surface area contributed by atoms with Gasteiger partial charge >= 0.3 is 0 Å². The van der Waals surface area contributed by atoms with Crippen LogP contribution in [0.25, 0.3) is 6.08 Å². The Balaban J connectivity index is 1.52. The number of carbonyl (C=O) groups excluding carboxylic acids is 2. The molecule has 1 saturated heterocycles. The Kier molecular flexibility index (Phi) is 6.99. The van der Waals surface area contributed by atoms with Gasteiger partial charge in [0.05, 0.1) is 23.5 Å². The molecule has 2 heterocycles. The third kappa shape index (κ3) is 5.42. The van der Waals surface area contributed by atoms with Gasteiger partial charge in [-0.1, -0.05) is 23.7 Å². The lowest BCUT2D eigenvalue weighted by Gasteiger charge is -2.13. The summed E-state index contributed by atoms with van der Waals surface area (Å²) in [5, 5.41) is 10.4. The molecule has 2 amide bonds. The van der Waals surface area contributed by atoms with Gasteiger partial charge in [0.25, 0.3) is 16.8 Å². The maximum Gasteiger partial charge on any atom is 0.293 e. The Hall–Kier alpha value is -3.96. The second-order valence-electron chi connectivity index (χ2n) is 7.13. The molecule has 0 unspecified atom stereocenters. The molecule has 0 radical (unpaired) electrons. The number of aromatic nitrogens is 1. The number of ether oxygens (including phenoxy) is 2. The molecular formula is C23H15ClFN3O6S. The van der Waals surface area contributed by atoms with Gasteiger partial charge < -0.3 is 9.47 Å². The number of thioether (sulfide) groups is 1. The van der Waals surface area contributed by atoms with E-state index in [1.165, 1.54) is 37.5 Å². The zero-order chi connectivity index (χ0) is 25.1. The van der Waals surface area contributed by atoms with Crippen molar-refractivity contribution in [3.63, 3.8) is 0 Å². The van der Waals surface area contributed by atoms with Gasteiger partial charge in [0.2, 0.25) is 5.88 Å². The predicted octanol–water partition coefficient (Wildman–Crippen LogP) is 5.82. The van der Waals surface area contributed by atoms with Crippen LogP contribution in [0.2, 0.25) is 5.02 Å². The van der Waals surface area contributed by atoms with Gasteiger partial charge in [0.15, 0.2) is 11.5 Å². The summed E-state index contributed by atoms with van der Waals surface area (Å²) < 4.78 is 24.3. The van der Waals surface area contributed by atoms with Crippen LogP contribution in [0, 0.1) is 15.9 Å². The molecule has 0 aliphatic carbocycles. The highest BCUT2D eigenvalue weighted by molar-refractivity contribution is 8.18. The van der Waals surface area contributed by atoms with Crippen molar-refractivity contribution in [1.29, 1.82) is 0 Å². The third-order valence-corrected chi connectivity index (χ3v) is 6.11. The summed E-state index contributed by atoms with van der Waals surface area (Å²) in [6.45, 7) is -0.0839. The van der Waals surface area contributed by atoms with Crippen LogP contribution >= 0.6 is 23.4 Å². The van der Waals surface area contributed by atoms with E-state index in [0.717, 1.165) is 28.9 Å². The fraction of sp³-hybridized carbons (Fsp3) is 0.0870. The summed E-state index contributed by atoms with van der Waals surface area (Å²) in [6, 6.07) is 11.2. The Morgan fingerprint density at radius 2 is 1.97 bits per heavy atom. The maximum atomic E-state index is 13.3. The number of pyridine rings is 1. The molecule has 12 heteroatoms. The molecular weight excluding hydrogens is 501 g/mol. The zero-order valence-electron chi connectivity index (χ0n) is 17.9. The SMILES string of the molecule is COc1cc(/C=C2/SC(=O)N(Cc3ccc(F)cc3Cl)C2=O)ccc1Oc1ccc([N+](=O)[O-])cn1. The number of nitro groups is 1. The van der Waals surface area contributed by atoms with Crippen LogP contribution in [0.5, 0.6) is 17.4 Å². The van der Waals surface area contributed by atoms with Crippen molar-refractivity contribution < 1.29 is 28.4 Å². The molecule has 0 spiro atoms. The van der Waals surface area contributed by atoms with Gasteiger partial charge in [-0.05, 0) is 53.2 Å². The summed E-state index contributed by atoms with van der Waals surface area (Å²) in [4.78, 5) is 40.6. The summed E-state index contributed by atoms with van der Waals surface area (Å²) in [7, 11) is 1.43. The number of imide groups is 1. The molecule has 1 fully saturated rings. The first-order valence-electron chi connectivity index (χ1n) is 9.91. The van der Waals surface area contributed by atoms with E-state index in [1.54, 1.807) is 18.2 Å². The maximum absolute atomic E-state index is 13.3. The van der Waals surface area contributed by atoms with Crippen molar-refractivity contribution in [2.45, 2.75) is 6.54 Å². The van der Waals surface area contributed by atoms with Gasteiger partial charge in [-0.15, -0.1) is 0 Å². The van der Waals surface area contributed by atoms with Gasteiger partial charge in [-0.2, -0.15) is 0 Å². The first-order chi connectivity index (χ1) is 16.7. The monoisotopic (exact) mass is 515 g/mol. The molecule has 1 aromatic heterocycles. The standard InChI is InChI=1S/C23H15ClFN3O6S/c1-33-19-8-13(2-6-18(19)34-21-7-5-16(11-26-21)28(31)32)9-20-22(29)27(23(30)35-20)12-14-3-4-15(25)10-17(14)24/h2-11H,12H2,1H3/b20-9+. The van der Waals surface area contributed by atoms with Crippen molar-refractivity contribution in [3.8, 4) is 17.4 Å². The number of hydrogen-bond donors (Lipinski definition) is 0. The average Bonchev–Trinajstić information content (AvgIpc) is 3.09. The molecule has 0 N–H and O–H groups in total. The molecule has 9 nitrogen and oxygen atoms in total. The van der Waals surface area contributed by atoms with Gasteiger partial charge in [-0.3, -0.25) is 24.6 Å². The molecule has 1 aliphatic rings. The molecule has 178 valence electrons. The Labute approximate surface area is 207 Å². The second kappa shape index (κ2) is 10.1. The molecule has 1 aliphatic heterocycles. The lowest BCUT2D eigenvalue weighted by molar-refractivity contribution is -0.385. The lowest BCUT2D eigenvalue weighted by atomic mass is 10.1. The zero-order valence-corrected chi connectivity index (χ0v) is 19.5. The van der Waals surface area contributed by atoms with E-state index in [9.17, 15) is 24.1 Å². The number of halogens is 2. The van der Waals surface area contributed by atoms with Crippen LogP contribution in [0.15, 0.2) is 59.6 Å². The van der Waals surface area contributed by atoms with E-state index in [1.807, 2.05) is 0 Å². The van der Waals surface area contributed by atoms with Crippen LogP contribution in [-0.4, -0.2) is 33.1 Å². The van der Waals surface area contributed by atoms with E-state index >= 15 is 0 Å². The fourth-order valence-electron chi connectivity index (χ4n) is 3.12. The molecule has 0 atom stereocenters. The molecule has 4 rings (SSSR count).